The molecular formula is C16H24N2O. The molecule has 0 aliphatic carbocycles. The van der Waals surface area contributed by atoms with E-state index in [0.29, 0.717) is 17.5 Å². The third kappa shape index (κ3) is 4.87. The fraction of sp³-hybridized carbons (Fsp3) is 0.438. The summed E-state index contributed by atoms with van der Waals surface area (Å²) in [4.78, 5) is 11.6. The van der Waals surface area contributed by atoms with Crippen molar-refractivity contribution in [3.63, 3.8) is 0 Å². The zero-order valence-electron chi connectivity index (χ0n) is 12.1. The molecule has 1 aromatic carbocycles. The average Bonchev–Trinajstić information content (AvgIpc) is 2.44. The summed E-state index contributed by atoms with van der Waals surface area (Å²) in [6.07, 6.45) is 2.96. The van der Waals surface area contributed by atoms with Gasteiger partial charge in [-0.25, -0.2) is 0 Å². The Morgan fingerprint density at radius 3 is 2.79 bits per heavy atom. The predicted molar refractivity (Wildman–Crippen MR) is 80.1 cm³/mol. The molecule has 0 aromatic heterocycles. The normalized spacial score (nSPS) is 13.6. The number of hydrogen-bond donors (Lipinski definition) is 2. The molecule has 1 amide bonds. The molecule has 0 heterocycles. The summed E-state index contributed by atoms with van der Waals surface area (Å²) >= 11 is 0. The third-order valence-corrected chi connectivity index (χ3v) is 3.44. The van der Waals surface area contributed by atoms with Crippen LogP contribution in [0.5, 0.6) is 0 Å². The van der Waals surface area contributed by atoms with Crippen molar-refractivity contribution in [2.45, 2.75) is 32.9 Å². The molecule has 0 aliphatic rings. The van der Waals surface area contributed by atoms with E-state index >= 15 is 0 Å². The number of rotatable bonds is 7. The van der Waals surface area contributed by atoms with E-state index in [-0.39, 0.29) is 5.91 Å². The first-order chi connectivity index (χ1) is 9.08. The largest absolute Gasteiger partial charge is 0.355 e. The predicted octanol–water partition coefficient (Wildman–Crippen LogP) is 2.74. The average molecular weight is 260 g/mol. The highest BCUT2D eigenvalue weighted by molar-refractivity contribution is 5.94. The van der Waals surface area contributed by atoms with Crippen molar-refractivity contribution in [1.29, 1.82) is 0 Å². The first-order valence-corrected chi connectivity index (χ1v) is 6.73. The molecule has 2 atom stereocenters. The minimum Gasteiger partial charge on any atom is -0.355 e. The maximum atomic E-state index is 11.6. The summed E-state index contributed by atoms with van der Waals surface area (Å²) in [5.41, 5.74) is 1.83. The first kappa shape index (κ1) is 15.4. The van der Waals surface area contributed by atoms with Gasteiger partial charge in [0, 0.05) is 25.2 Å². The van der Waals surface area contributed by atoms with Gasteiger partial charge >= 0.3 is 0 Å². The van der Waals surface area contributed by atoms with Crippen LogP contribution in [0.4, 0.5) is 0 Å². The number of allylic oxidation sites excluding steroid dienone is 1. The van der Waals surface area contributed by atoms with Crippen LogP contribution < -0.4 is 10.6 Å². The van der Waals surface area contributed by atoms with E-state index < -0.39 is 0 Å². The Hall–Kier alpha value is -1.61. The van der Waals surface area contributed by atoms with E-state index in [2.05, 4.69) is 31.1 Å². The lowest BCUT2D eigenvalue weighted by atomic mass is 9.99. The quantitative estimate of drug-likeness (QED) is 0.740. The van der Waals surface area contributed by atoms with E-state index in [1.807, 2.05) is 30.3 Å². The maximum Gasteiger partial charge on any atom is 0.251 e. The lowest BCUT2D eigenvalue weighted by Gasteiger charge is -2.20. The van der Waals surface area contributed by atoms with Crippen LogP contribution in [-0.2, 0) is 6.54 Å². The Bertz CT molecular complexity index is 429. The number of nitrogens with one attached hydrogen (secondary N) is 2. The van der Waals surface area contributed by atoms with Crippen molar-refractivity contribution in [2.24, 2.45) is 5.92 Å². The summed E-state index contributed by atoms with van der Waals surface area (Å²) in [7, 11) is 1.65. The van der Waals surface area contributed by atoms with Gasteiger partial charge in [-0.05, 0) is 37.0 Å². The van der Waals surface area contributed by atoms with Crippen LogP contribution >= 0.6 is 0 Å². The van der Waals surface area contributed by atoms with Crippen LogP contribution in [0.2, 0.25) is 0 Å². The van der Waals surface area contributed by atoms with E-state index in [9.17, 15) is 4.79 Å². The van der Waals surface area contributed by atoms with Gasteiger partial charge in [0.05, 0.1) is 0 Å². The van der Waals surface area contributed by atoms with Crippen LogP contribution in [0.3, 0.4) is 0 Å². The molecular weight excluding hydrogens is 236 g/mol. The van der Waals surface area contributed by atoms with Crippen molar-refractivity contribution in [1.82, 2.24) is 10.6 Å². The summed E-state index contributed by atoms with van der Waals surface area (Å²) in [6.45, 7) is 8.93. The van der Waals surface area contributed by atoms with Gasteiger partial charge in [-0.15, -0.1) is 6.58 Å². The van der Waals surface area contributed by atoms with Gasteiger partial charge in [0.1, 0.15) is 0 Å². The van der Waals surface area contributed by atoms with Gasteiger partial charge in [0.15, 0.2) is 0 Å². The SMILES string of the molecule is C=CCC(C)C(C)NCc1cccc(C(=O)NC)c1. The maximum absolute atomic E-state index is 11.6. The molecule has 0 bridgehead atoms. The Kier molecular flexibility index (Phi) is 6.30. The second-order valence-electron chi connectivity index (χ2n) is 4.95. The Morgan fingerprint density at radius 1 is 1.42 bits per heavy atom. The number of hydrogen-bond acceptors (Lipinski definition) is 2. The zero-order chi connectivity index (χ0) is 14.3. The zero-order valence-corrected chi connectivity index (χ0v) is 12.1. The van der Waals surface area contributed by atoms with Crippen molar-refractivity contribution >= 4 is 5.91 Å². The van der Waals surface area contributed by atoms with Gasteiger partial charge in [0.25, 0.3) is 5.91 Å². The molecule has 104 valence electrons. The van der Waals surface area contributed by atoms with Crippen molar-refractivity contribution < 1.29 is 4.79 Å². The number of amides is 1. The van der Waals surface area contributed by atoms with E-state index in [1.165, 1.54) is 0 Å². The monoisotopic (exact) mass is 260 g/mol. The van der Waals surface area contributed by atoms with Crippen molar-refractivity contribution in [3.05, 3.63) is 48.0 Å². The van der Waals surface area contributed by atoms with Gasteiger partial charge in [0.2, 0.25) is 0 Å². The molecule has 2 unspecified atom stereocenters. The topological polar surface area (TPSA) is 41.1 Å². The van der Waals surface area contributed by atoms with Crippen molar-refractivity contribution in [2.75, 3.05) is 7.05 Å². The minimum absolute atomic E-state index is 0.0464. The molecule has 0 aliphatic heterocycles. The molecule has 19 heavy (non-hydrogen) atoms. The van der Waals surface area contributed by atoms with Gasteiger partial charge in [-0.1, -0.05) is 25.1 Å². The molecule has 0 fully saturated rings. The first-order valence-electron chi connectivity index (χ1n) is 6.73. The molecule has 3 heteroatoms. The second-order valence-corrected chi connectivity index (χ2v) is 4.95. The molecule has 2 N–H and O–H groups in total. The summed E-state index contributed by atoms with van der Waals surface area (Å²) < 4.78 is 0. The molecule has 0 saturated carbocycles. The van der Waals surface area contributed by atoms with E-state index in [0.717, 1.165) is 18.5 Å². The van der Waals surface area contributed by atoms with Gasteiger partial charge in [-0.2, -0.15) is 0 Å². The molecule has 0 radical (unpaired) electrons. The van der Waals surface area contributed by atoms with Crippen LogP contribution in [0.25, 0.3) is 0 Å². The second kappa shape index (κ2) is 7.74. The van der Waals surface area contributed by atoms with Crippen LogP contribution in [0, 0.1) is 5.92 Å². The van der Waals surface area contributed by atoms with E-state index in [4.69, 9.17) is 0 Å². The Labute approximate surface area is 116 Å². The molecule has 0 spiro atoms. The fourth-order valence-corrected chi connectivity index (χ4v) is 1.91. The molecule has 3 nitrogen and oxygen atoms in total. The number of carbonyl (C=O) groups is 1. The fourth-order valence-electron chi connectivity index (χ4n) is 1.91. The highest BCUT2D eigenvalue weighted by Crippen LogP contribution is 2.10. The number of benzene rings is 1. The minimum atomic E-state index is -0.0464. The summed E-state index contributed by atoms with van der Waals surface area (Å²) in [5, 5.41) is 6.13. The lowest BCUT2D eigenvalue weighted by molar-refractivity contribution is 0.0963. The number of carbonyl (C=O) groups excluding carboxylic acids is 1. The van der Waals surface area contributed by atoms with E-state index in [1.54, 1.807) is 7.05 Å². The third-order valence-electron chi connectivity index (χ3n) is 3.44. The highest BCUT2D eigenvalue weighted by atomic mass is 16.1. The Morgan fingerprint density at radius 2 is 2.16 bits per heavy atom. The molecule has 1 rings (SSSR count). The lowest BCUT2D eigenvalue weighted by Crippen LogP contribution is -2.31. The standard InChI is InChI=1S/C16H24N2O/c1-5-7-12(2)13(3)18-11-14-8-6-9-15(10-14)16(19)17-4/h5-6,8-10,12-13,18H,1,7,11H2,2-4H3,(H,17,19). The molecule has 1 aromatic rings. The summed E-state index contributed by atoms with van der Waals surface area (Å²) in [5.74, 6) is 0.509. The van der Waals surface area contributed by atoms with Gasteiger partial charge < -0.3 is 10.6 Å². The summed E-state index contributed by atoms with van der Waals surface area (Å²) in [6, 6.07) is 8.12. The van der Waals surface area contributed by atoms with Crippen LogP contribution in [0.1, 0.15) is 36.2 Å². The molecule has 0 saturated heterocycles. The van der Waals surface area contributed by atoms with Crippen molar-refractivity contribution in [3.8, 4) is 0 Å². The smallest absolute Gasteiger partial charge is 0.251 e. The van der Waals surface area contributed by atoms with Crippen LogP contribution in [0.15, 0.2) is 36.9 Å². The highest BCUT2D eigenvalue weighted by Gasteiger charge is 2.10. The Balaban J connectivity index is 2.58. The van der Waals surface area contributed by atoms with Crippen LogP contribution in [-0.4, -0.2) is 19.0 Å². The van der Waals surface area contributed by atoms with Gasteiger partial charge in [-0.3, -0.25) is 4.79 Å².